The lowest BCUT2D eigenvalue weighted by molar-refractivity contribution is -0.137. The van der Waals surface area contributed by atoms with Crippen LogP contribution in [0.25, 0.3) is 0 Å². The second-order valence-electron chi connectivity index (χ2n) is 9.97. The average Bonchev–Trinajstić information content (AvgIpc) is 2.84. The van der Waals surface area contributed by atoms with Crippen LogP contribution in [0.3, 0.4) is 0 Å². The minimum atomic E-state index is -2.35. The Bertz CT molecular complexity index is 421. The maximum Gasteiger partial charge on any atom is 0.500 e. The van der Waals surface area contributed by atoms with Gasteiger partial charge in [0.25, 0.3) is 0 Å². The van der Waals surface area contributed by atoms with Gasteiger partial charge in [0.05, 0.1) is 0 Å². The molecule has 0 saturated carbocycles. The molecule has 0 amide bonds. The fraction of sp³-hybridized carbons (Fsp3) is 0.964. The molecule has 6 heteroatoms. The molecule has 5 nitrogen and oxygen atoms in total. The Morgan fingerprint density at radius 3 is 0.941 bits per heavy atom. The third kappa shape index (κ3) is 22.1. The summed E-state index contributed by atoms with van der Waals surface area (Å²) in [6.07, 6.45) is 29.4. The van der Waals surface area contributed by atoms with Crippen LogP contribution in [0.15, 0.2) is 0 Å². The first-order valence-electron chi connectivity index (χ1n) is 14.5. The fourth-order valence-electron chi connectivity index (χ4n) is 4.71. The van der Waals surface area contributed by atoms with E-state index in [1.807, 2.05) is 0 Å². The molecule has 0 aromatic rings. The van der Waals surface area contributed by atoms with E-state index in [1.54, 1.807) is 21.3 Å². The van der Waals surface area contributed by atoms with Crippen LogP contribution in [0.1, 0.15) is 148 Å². The molecule has 0 unspecified atom stereocenters. The zero-order chi connectivity index (χ0) is 25.2. The lowest BCUT2D eigenvalue weighted by Crippen LogP contribution is -2.42. The Morgan fingerprint density at radius 1 is 0.471 bits per heavy atom. The van der Waals surface area contributed by atoms with Crippen molar-refractivity contribution in [1.82, 2.24) is 0 Å². The standard InChI is InChI=1S/C28H58O5Si/c1-31-34(32-2,33-3)27-25-23-21-19-17-15-13-11-9-7-5-4-6-8-10-12-14-16-18-20-22-24-26-28(29)30/h4-27H2,1-3H3,(H,29,30). The number of hydrogen-bond acceptors (Lipinski definition) is 4. The summed E-state index contributed by atoms with van der Waals surface area (Å²) >= 11 is 0. The average molecular weight is 503 g/mol. The molecule has 1 N–H and O–H groups in total. The maximum absolute atomic E-state index is 10.4. The molecule has 34 heavy (non-hydrogen) atoms. The maximum atomic E-state index is 10.4. The Morgan fingerprint density at radius 2 is 0.706 bits per heavy atom. The van der Waals surface area contributed by atoms with E-state index in [0.717, 1.165) is 25.3 Å². The van der Waals surface area contributed by atoms with Gasteiger partial charge in [-0.3, -0.25) is 4.79 Å². The normalized spacial score (nSPS) is 11.9. The number of carbonyl (C=O) groups is 1. The van der Waals surface area contributed by atoms with Crippen LogP contribution in [0, 0.1) is 0 Å². The van der Waals surface area contributed by atoms with Gasteiger partial charge in [-0.05, 0) is 12.8 Å². The van der Waals surface area contributed by atoms with Crippen molar-refractivity contribution in [3.05, 3.63) is 0 Å². The molecule has 204 valence electrons. The van der Waals surface area contributed by atoms with E-state index in [4.69, 9.17) is 18.4 Å². The molecular weight excluding hydrogens is 444 g/mol. The van der Waals surface area contributed by atoms with E-state index in [-0.39, 0.29) is 0 Å². The zero-order valence-electron chi connectivity index (χ0n) is 23.1. The van der Waals surface area contributed by atoms with Crippen molar-refractivity contribution >= 4 is 14.8 Å². The van der Waals surface area contributed by atoms with Crippen molar-refractivity contribution in [2.45, 2.75) is 154 Å². The van der Waals surface area contributed by atoms with E-state index < -0.39 is 14.8 Å². The summed E-state index contributed by atoms with van der Waals surface area (Å²) in [5, 5.41) is 8.61. The first-order valence-corrected chi connectivity index (χ1v) is 16.4. The lowest BCUT2D eigenvalue weighted by atomic mass is 10.0. The SMILES string of the molecule is CO[Si](CCCCCCCCCCCCCCCCCCCCCCCCC(=O)O)(OC)OC. The minimum absolute atomic E-state index is 0.338. The molecule has 0 rings (SSSR count). The highest BCUT2D eigenvalue weighted by Crippen LogP contribution is 2.19. The predicted octanol–water partition coefficient (Wildman–Crippen LogP) is 8.92. The minimum Gasteiger partial charge on any atom is -0.481 e. The summed E-state index contributed by atoms with van der Waals surface area (Å²) in [5.74, 6) is -0.656. The monoisotopic (exact) mass is 502 g/mol. The van der Waals surface area contributed by atoms with Gasteiger partial charge in [-0.2, -0.15) is 0 Å². The van der Waals surface area contributed by atoms with Gasteiger partial charge < -0.3 is 18.4 Å². The van der Waals surface area contributed by atoms with E-state index in [1.165, 1.54) is 122 Å². The van der Waals surface area contributed by atoms with Crippen molar-refractivity contribution in [2.75, 3.05) is 21.3 Å². The van der Waals surface area contributed by atoms with Gasteiger partial charge >= 0.3 is 14.8 Å². The Kier molecular flexibility index (Phi) is 25.3. The van der Waals surface area contributed by atoms with Gasteiger partial charge in [-0.15, -0.1) is 0 Å². The first kappa shape index (κ1) is 33.6. The fourth-order valence-corrected chi connectivity index (χ4v) is 6.50. The molecule has 0 aliphatic rings. The van der Waals surface area contributed by atoms with Crippen LogP contribution in [0.4, 0.5) is 0 Å². The molecule has 0 saturated heterocycles. The van der Waals surface area contributed by atoms with Gasteiger partial charge in [0.1, 0.15) is 0 Å². The van der Waals surface area contributed by atoms with Crippen LogP contribution in [0.2, 0.25) is 6.04 Å². The molecular formula is C28H58O5Si. The molecule has 0 aliphatic heterocycles. The highest BCUT2D eigenvalue weighted by Gasteiger charge is 2.36. The molecule has 0 heterocycles. The number of unbranched alkanes of at least 4 members (excludes halogenated alkanes) is 21. The first-order chi connectivity index (χ1) is 16.6. The van der Waals surface area contributed by atoms with Crippen LogP contribution in [-0.4, -0.2) is 41.2 Å². The van der Waals surface area contributed by atoms with Crippen molar-refractivity contribution in [2.24, 2.45) is 0 Å². The number of rotatable bonds is 28. The Balaban J connectivity index is 3.16. The Hall–Kier alpha value is -0.433. The van der Waals surface area contributed by atoms with Gasteiger partial charge in [0, 0.05) is 33.8 Å². The smallest absolute Gasteiger partial charge is 0.481 e. The largest absolute Gasteiger partial charge is 0.500 e. The van der Waals surface area contributed by atoms with E-state index in [0.29, 0.717) is 6.42 Å². The third-order valence-corrected chi connectivity index (χ3v) is 9.89. The molecule has 0 aromatic heterocycles. The van der Waals surface area contributed by atoms with Crippen LogP contribution in [0.5, 0.6) is 0 Å². The molecule has 0 spiro atoms. The topological polar surface area (TPSA) is 65.0 Å². The van der Waals surface area contributed by atoms with Gasteiger partial charge in [0.15, 0.2) is 0 Å². The number of carboxylic acids is 1. The second kappa shape index (κ2) is 25.7. The van der Waals surface area contributed by atoms with Crippen LogP contribution >= 0.6 is 0 Å². The van der Waals surface area contributed by atoms with Crippen molar-refractivity contribution < 1.29 is 23.2 Å². The van der Waals surface area contributed by atoms with Crippen LogP contribution in [-0.2, 0) is 18.1 Å². The quantitative estimate of drug-likeness (QED) is 0.0854. The summed E-state index contributed by atoms with van der Waals surface area (Å²) in [5.41, 5.74) is 0. The number of carboxylic acid groups (broad SMARTS) is 1. The molecule has 0 bridgehead atoms. The van der Waals surface area contributed by atoms with E-state index >= 15 is 0 Å². The summed E-state index contributed by atoms with van der Waals surface area (Å²) in [4.78, 5) is 10.4. The van der Waals surface area contributed by atoms with E-state index in [2.05, 4.69) is 0 Å². The molecule has 0 atom stereocenters. The summed E-state index contributed by atoms with van der Waals surface area (Å²) in [6.45, 7) is 0. The van der Waals surface area contributed by atoms with Crippen molar-refractivity contribution in [3.63, 3.8) is 0 Å². The number of hydrogen-bond donors (Lipinski definition) is 1. The predicted molar refractivity (Wildman–Crippen MR) is 145 cm³/mol. The summed E-state index contributed by atoms with van der Waals surface area (Å²) < 4.78 is 16.4. The molecule has 0 aliphatic carbocycles. The van der Waals surface area contributed by atoms with Crippen molar-refractivity contribution in [3.8, 4) is 0 Å². The summed E-state index contributed by atoms with van der Waals surface area (Å²) in [7, 11) is 2.74. The number of aliphatic carboxylic acids is 1. The van der Waals surface area contributed by atoms with Gasteiger partial charge in [-0.25, -0.2) is 0 Å². The molecule has 0 aromatic carbocycles. The van der Waals surface area contributed by atoms with Gasteiger partial charge in [0.2, 0.25) is 0 Å². The van der Waals surface area contributed by atoms with E-state index in [9.17, 15) is 4.79 Å². The Labute approximate surface area is 213 Å². The zero-order valence-corrected chi connectivity index (χ0v) is 24.1. The lowest BCUT2D eigenvalue weighted by Gasteiger charge is -2.24. The third-order valence-electron chi connectivity index (χ3n) is 7.06. The van der Waals surface area contributed by atoms with Crippen molar-refractivity contribution in [1.29, 1.82) is 0 Å². The highest BCUT2D eigenvalue weighted by atomic mass is 28.4. The second-order valence-corrected chi connectivity index (χ2v) is 13.1. The van der Waals surface area contributed by atoms with Gasteiger partial charge in [-0.1, -0.05) is 128 Å². The summed E-state index contributed by atoms with van der Waals surface area (Å²) in [6, 6.07) is 0.926. The molecule has 0 fully saturated rings. The van der Waals surface area contributed by atoms with Crippen LogP contribution < -0.4 is 0 Å². The molecule has 0 radical (unpaired) electrons. The highest BCUT2D eigenvalue weighted by molar-refractivity contribution is 6.60.